The average molecular weight is 192 g/mol. The zero-order valence-corrected chi connectivity index (χ0v) is 8.05. The van der Waals surface area contributed by atoms with Crippen LogP contribution in [-0.4, -0.2) is 11.0 Å². The fourth-order valence-corrected chi connectivity index (χ4v) is 1.67. The second-order valence-corrected chi connectivity index (χ2v) is 3.69. The van der Waals surface area contributed by atoms with Crippen LogP contribution in [0.1, 0.15) is 12.5 Å². The molecule has 0 saturated carbocycles. The number of aromatic nitrogens is 1. The second kappa shape index (κ2) is 3.42. The maximum absolute atomic E-state index is 12.9. The fraction of sp³-hybridized carbons (Fsp3) is 0.273. The molecule has 0 radical (unpaired) electrons. The van der Waals surface area contributed by atoms with Crippen LogP contribution in [-0.2, 0) is 6.42 Å². The summed E-state index contributed by atoms with van der Waals surface area (Å²) in [5.41, 5.74) is 7.70. The highest BCUT2D eigenvalue weighted by Gasteiger charge is 2.05. The van der Waals surface area contributed by atoms with Crippen molar-refractivity contribution in [3.8, 4) is 0 Å². The van der Waals surface area contributed by atoms with Gasteiger partial charge in [0.2, 0.25) is 0 Å². The number of benzene rings is 1. The zero-order chi connectivity index (χ0) is 10.1. The van der Waals surface area contributed by atoms with Gasteiger partial charge in [0.05, 0.1) is 0 Å². The largest absolute Gasteiger partial charge is 0.361 e. The number of hydrogen-bond donors (Lipinski definition) is 2. The van der Waals surface area contributed by atoms with E-state index in [9.17, 15) is 4.39 Å². The van der Waals surface area contributed by atoms with E-state index in [2.05, 4.69) is 4.98 Å². The van der Waals surface area contributed by atoms with Crippen molar-refractivity contribution in [2.24, 2.45) is 5.73 Å². The van der Waals surface area contributed by atoms with Gasteiger partial charge >= 0.3 is 0 Å². The van der Waals surface area contributed by atoms with Gasteiger partial charge in [0.25, 0.3) is 0 Å². The van der Waals surface area contributed by atoms with E-state index in [4.69, 9.17) is 5.73 Å². The molecule has 2 rings (SSSR count). The van der Waals surface area contributed by atoms with Gasteiger partial charge in [-0.2, -0.15) is 0 Å². The molecule has 14 heavy (non-hydrogen) atoms. The lowest BCUT2D eigenvalue weighted by Crippen LogP contribution is -2.17. The molecule has 74 valence electrons. The molecule has 1 heterocycles. The Bertz CT molecular complexity index is 445. The van der Waals surface area contributed by atoms with Gasteiger partial charge < -0.3 is 10.7 Å². The van der Waals surface area contributed by atoms with Crippen molar-refractivity contribution >= 4 is 10.9 Å². The first kappa shape index (κ1) is 9.21. The highest BCUT2D eigenvalue weighted by molar-refractivity contribution is 5.83. The minimum Gasteiger partial charge on any atom is -0.361 e. The van der Waals surface area contributed by atoms with E-state index < -0.39 is 0 Å². The topological polar surface area (TPSA) is 41.8 Å². The number of nitrogens with two attached hydrogens (primary N) is 1. The fourth-order valence-electron chi connectivity index (χ4n) is 1.67. The van der Waals surface area contributed by atoms with Gasteiger partial charge in [-0.05, 0) is 37.1 Å². The van der Waals surface area contributed by atoms with E-state index in [0.29, 0.717) is 0 Å². The van der Waals surface area contributed by atoms with Crippen molar-refractivity contribution in [1.29, 1.82) is 0 Å². The molecule has 0 spiro atoms. The minimum atomic E-state index is -0.216. The number of aromatic amines is 1. The van der Waals surface area contributed by atoms with Crippen LogP contribution in [0.15, 0.2) is 24.4 Å². The lowest BCUT2D eigenvalue weighted by atomic mass is 10.1. The van der Waals surface area contributed by atoms with E-state index in [0.717, 1.165) is 22.9 Å². The first-order valence-corrected chi connectivity index (χ1v) is 4.68. The average Bonchev–Trinajstić information content (AvgIpc) is 2.47. The van der Waals surface area contributed by atoms with Gasteiger partial charge in [-0.25, -0.2) is 4.39 Å². The molecule has 3 N–H and O–H groups in total. The summed E-state index contributed by atoms with van der Waals surface area (Å²) in [6.45, 7) is 1.96. The number of nitrogens with one attached hydrogen (secondary N) is 1. The van der Waals surface area contributed by atoms with Crippen molar-refractivity contribution in [3.05, 3.63) is 35.8 Å². The Morgan fingerprint density at radius 3 is 3.00 bits per heavy atom. The zero-order valence-electron chi connectivity index (χ0n) is 8.05. The second-order valence-electron chi connectivity index (χ2n) is 3.69. The number of halogens is 1. The predicted octanol–water partition coefficient (Wildman–Crippen LogP) is 2.20. The number of hydrogen-bond acceptors (Lipinski definition) is 1. The van der Waals surface area contributed by atoms with Crippen LogP contribution in [0, 0.1) is 5.82 Å². The summed E-state index contributed by atoms with van der Waals surface area (Å²) in [6, 6.07) is 4.89. The number of rotatable bonds is 2. The lowest BCUT2D eigenvalue weighted by molar-refractivity contribution is 0.629. The predicted molar refractivity (Wildman–Crippen MR) is 55.6 cm³/mol. The van der Waals surface area contributed by atoms with E-state index >= 15 is 0 Å². The first-order chi connectivity index (χ1) is 6.66. The molecule has 1 aromatic heterocycles. The molecule has 0 fully saturated rings. The molecule has 2 nitrogen and oxygen atoms in total. The third-order valence-corrected chi connectivity index (χ3v) is 2.27. The van der Waals surface area contributed by atoms with E-state index in [-0.39, 0.29) is 11.9 Å². The maximum Gasteiger partial charge on any atom is 0.125 e. The Balaban J connectivity index is 2.47. The highest BCUT2D eigenvalue weighted by Crippen LogP contribution is 2.19. The Hall–Kier alpha value is -1.35. The maximum atomic E-state index is 12.9. The van der Waals surface area contributed by atoms with Gasteiger partial charge in [0.1, 0.15) is 5.82 Å². The Kier molecular flexibility index (Phi) is 2.25. The molecule has 3 heteroatoms. The van der Waals surface area contributed by atoms with Crippen LogP contribution in [0.4, 0.5) is 4.39 Å². The third-order valence-electron chi connectivity index (χ3n) is 2.27. The Morgan fingerprint density at radius 2 is 2.29 bits per heavy atom. The molecule has 0 unspecified atom stereocenters. The van der Waals surface area contributed by atoms with Crippen LogP contribution < -0.4 is 5.73 Å². The summed E-state index contributed by atoms with van der Waals surface area (Å²) in [7, 11) is 0. The van der Waals surface area contributed by atoms with Gasteiger partial charge in [-0.3, -0.25) is 0 Å². The van der Waals surface area contributed by atoms with Crippen molar-refractivity contribution < 1.29 is 4.39 Å². The van der Waals surface area contributed by atoms with Crippen LogP contribution in [0.5, 0.6) is 0 Å². The van der Waals surface area contributed by atoms with E-state index in [1.54, 1.807) is 6.07 Å². The molecular formula is C11H13FN2. The molecule has 0 amide bonds. The molecule has 0 saturated heterocycles. The van der Waals surface area contributed by atoms with Gasteiger partial charge in [0, 0.05) is 23.1 Å². The first-order valence-electron chi connectivity index (χ1n) is 4.68. The molecule has 1 aromatic carbocycles. The molecular weight excluding hydrogens is 179 g/mol. The van der Waals surface area contributed by atoms with Crippen molar-refractivity contribution in [3.63, 3.8) is 0 Å². The Labute approximate surface area is 81.9 Å². The smallest absolute Gasteiger partial charge is 0.125 e. The van der Waals surface area contributed by atoms with Gasteiger partial charge in [-0.1, -0.05) is 0 Å². The lowest BCUT2D eigenvalue weighted by Gasteiger charge is -2.02. The van der Waals surface area contributed by atoms with Gasteiger partial charge in [0.15, 0.2) is 0 Å². The SMILES string of the molecule is C[C@@H](N)Cc1c[nH]c2cc(F)ccc12. The normalized spacial score (nSPS) is 13.4. The summed E-state index contributed by atoms with van der Waals surface area (Å²) >= 11 is 0. The molecule has 0 aliphatic carbocycles. The standard InChI is InChI=1S/C11H13FN2/c1-7(13)4-8-6-14-11-5-9(12)2-3-10(8)11/h2-3,5-7,14H,4,13H2,1H3/t7-/m1/s1. The van der Waals surface area contributed by atoms with Crippen molar-refractivity contribution in [2.75, 3.05) is 0 Å². The summed E-state index contributed by atoms with van der Waals surface area (Å²) in [5, 5.41) is 1.06. The van der Waals surface area contributed by atoms with Crippen molar-refractivity contribution in [1.82, 2.24) is 4.98 Å². The molecule has 0 aliphatic heterocycles. The summed E-state index contributed by atoms with van der Waals surface area (Å²) in [6.07, 6.45) is 2.71. The summed E-state index contributed by atoms with van der Waals surface area (Å²) < 4.78 is 12.9. The monoisotopic (exact) mass is 192 g/mol. The highest BCUT2D eigenvalue weighted by atomic mass is 19.1. The molecule has 0 aliphatic rings. The van der Waals surface area contributed by atoms with Gasteiger partial charge in [-0.15, -0.1) is 0 Å². The van der Waals surface area contributed by atoms with Crippen LogP contribution in [0.25, 0.3) is 10.9 Å². The molecule has 0 bridgehead atoms. The quantitative estimate of drug-likeness (QED) is 0.752. The van der Waals surface area contributed by atoms with E-state index in [1.807, 2.05) is 13.1 Å². The third kappa shape index (κ3) is 1.63. The Morgan fingerprint density at radius 1 is 1.50 bits per heavy atom. The summed E-state index contributed by atoms with van der Waals surface area (Å²) in [4.78, 5) is 3.04. The number of fused-ring (bicyclic) bond motifs is 1. The minimum absolute atomic E-state index is 0.124. The van der Waals surface area contributed by atoms with Crippen LogP contribution >= 0.6 is 0 Å². The van der Waals surface area contributed by atoms with Crippen LogP contribution in [0.3, 0.4) is 0 Å². The van der Waals surface area contributed by atoms with Crippen molar-refractivity contribution in [2.45, 2.75) is 19.4 Å². The number of H-pyrrole nitrogens is 1. The summed E-state index contributed by atoms with van der Waals surface area (Å²) in [5.74, 6) is -0.216. The van der Waals surface area contributed by atoms with E-state index in [1.165, 1.54) is 12.1 Å². The molecule has 1 atom stereocenters. The molecule has 2 aromatic rings. The van der Waals surface area contributed by atoms with Crippen LogP contribution in [0.2, 0.25) is 0 Å².